The summed E-state index contributed by atoms with van der Waals surface area (Å²) in [5.41, 5.74) is 4.13. The predicted octanol–water partition coefficient (Wildman–Crippen LogP) is 4.49. The van der Waals surface area contributed by atoms with Crippen molar-refractivity contribution in [3.05, 3.63) is 65.2 Å². The van der Waals surface area contributed by atoms with Crippen LogP contribution in [-0.2, 0) is 0 Å². The van der Waals surface area contributed by atoms with Gasteiger partial charge in [0.25, 0.3) is 0 Å². The predicted molar refractivity (Wildman–Crippen MR) is 82.6 cm³/mol. The van der Waals surface area contributed by atoms with Crippen molar-refractivity contribution in [2.24, 2.45) is 0 Å². The molecule has 0 spiro atoms. The zero-order chi connectivity index (χ0) is 13.2. The van der Waals surface area contributed by atoms with Crippen molar-refractivity contribution in [3.8, 4) is 0 Å². The van der Waals surface area contributed by atoms with Crippen LogP contribution < -0.4 is 5.32 Å². The zero-order valence-electron chi connectivity index (χ0n) is 11.4. The molecule has 2 aromatic carbocycles. The van der Waals surface area contributed by atoms with E-state index in [2.05, 4.69) is 67.7 Å². The molecule has 1 aliphatic heterocycles. The smallest absolute Gasteiger partial charge is 0.0431 e. The van der Waals surface area contributed by atoms with E-state index in [4.69, 9.17) is 0 Å². The van der Waals surface area contributed by atoms with Crippen molar-refractivity contribution >= 4 is 11.8 Å². The molecule has 0 saturated heterocycles. The highest BCUT2D eigenvalue weighted by atomic mass is 32.2. The zero-order valence-corrected chi connectivity index (χ0v) is 12.2. The van der Waals surface area contributed by atoms with E-state index in [1.54, 1.807) is 0 Å². The van der Waals surface area contributed by atoms with Crippen LogP contribution >= 0.6 is 11.8 Å². The van der Waals surface area contributed by atoms with Crippen molar-refractivity contribution in [3.63, 3.8) is 0 Å². The van der Waals surface area contributed by atoms with Crippen molar-refractivity contribution < 1.29 is 0 Å². The van der Waals surface area contributed by atoms with Crippen LogP contribution in [0.4, 0.5) is 0 Å². The van der Waals surface area contributed by atoms with Gasteiger partial charge in [0.2, 0.25) is 0 Å². The molecular weight excluding hydrogens is 250 g/mol. The topological polar surface area (TPSA) is 12.0 Å². The number of aryl methyl sites for hydroxylation is 1. The van der Waals surface area contributed by atoms with Gasteiger partial charge in [0.15, 0.2) is 0 Å². The van der Waals surface area contributed by atoms with Crippen LogP contribution in [0.15, 0.2) is 53.4 Å². The van der Waals surface area contributed by atoms with Crippen molar-refractivity contribution in [1.29, 1.82) is 0 Å². The number of fused-ring (bicyclic) bond motifs is 1. The summed E-state index contributed by atoms with van der Waals surface area (Å²) in [6.45, 7) is 4.38. The third-order valence-electron chi connectivity index (χ3n) is 3.73. The lowest BCUT2D eigenvalue weighted by molar-refractivity contribution is 0.501. The summed E-state index contributed by atoms with van der Waals surface area (Å²) in [6, 6.07) is 18.4. The molecule has 0 aromatic heterocycles. The minimum Gasteiger partial charge on any atom is -0.303 e. The van der Waals surface area contributed by atoms with Crippen LogP contribution in [0, 0.1) is 6.92 Å². The first-order chi connectivity index (χ1) is 9.24. The second-order valence-corrected chi connectivity index (χ2v) is 6.26. The highest BCUT2D eigenvalue weighted by Gasteiger charge is 2.23. The van der Waals surface area contributed by atoms with Crippen molar-refractivity contribution in [2.45, 2.75) is 30.8 Å². The molecule has 0 amide bonds. The van der Waals surface area contributed by atoms with Crippen LogP contribution in [0.5, 0.6) is 0 Å². The second kappa shape index (κ2) is 5.40. The van der Waals surface area contributed by atoms with E-state index >= 15 is 0 Å². The van der Waals surface area contributed by atoms with Crippen LogP contribution in [0.1, 0.15) is 35.7 Å². The molecule has 0 radical (unpaired) electrons. The van der Waals surface area contributed by atoms with Crippen LogP contribution in [0.2, 0.25) is 0 Å². The molecule has 98 valence electrons. The molecule has 19 heavy (non-hydrogen) atoms. The summed E-state index contributed by atoms with van der Waals surface area (Å²) >= 11 is 1.95. The molecule has 2 atom stereocenters. The minimum atomic E-state index is 0.386. The molecular formula is C17H19NS. The maximum absolute atomic E-state index is 3.75. The lowest BCUT2D eigenvalue weighted by Gasteiger charge is -2.20. The van der Waals surface area contributed by atoms with Gasteiger partial charge in [0, 0.05) is 22.7 Å². The third kappa shape index (κ3) is 2.70. The van der Waals surface area contributed by atoms with E-state index in [0.717, 1.165) is 5.75 Å². The average molecular weight is 269 g/mol. The Balaban J connectivity index is 1.74. The summed E-state index contributed by atoms with van der Waals surface area (Å²) in [7, 11) is 0. The van der Waals surface area contributed by atoms with Gasteiger partial charge in [-0.2, -0.15) is 0 Å². The van der Waals surface area contributed by atoms with Gasteiger partial charge in [-0.25, -0.2) is 0 Å². The second-order valence-electron chi connectivity index (χ2n) is 5.20. The fourth-order valence-corrected chi connectivity index (χ4v) is 3.73. The molecule has 2 heteroatoms. The number of hydrogen-bond acceptors (Lipinski definition) is 2. The Labute approximate surface area is 119 Å². The van der Waals surface area contributed by atoms with Gasteiger partial charge in [0.05, 0.1) is 0 Å². The number of hydrogen-bond donors (Lipinski definition) is 1. The summed E-state index contributed by atoms with van der Waals surface area (Å²) in [5, 5.41) is 3.75. The minimum absolute atomic E-state index is 0.386. The monoisotopic (exact) mass is 269 g/mol. The SMILES string of the molecule is Cc1ccc([C@H](C)NC2CSc3ccccc32)cc1. The van der Waals surface area contributed by atoms with Gasteiger partial charge >= 0.3 is 0 Å². The highest BCUT2D eigenvalue weighted by Crippen LogP contribution is 2.38. The van der Waals surface area contributed by atoms with Gasteiger partial charge in [-0.3, -0.25) is 0 Å². The van der Waals surface area contributed by atoms with Gasteiger partial charge in [-0.05, 0) is 31.0 Å². The van der Waals surface area contributed by atoms with Crippen molar-refractivity contribution in [2.75, 3.05) is 5.75 Å². The highest BCUT2D eigenvalue weighted by molar-refractivity contribution is 7.99. The molecule has 3 rings (SSSR count). The van der Waals surface area contributed by atoms with Crippen LogP contribution in [0.3, 0.4) is 0 Å². The number of nitrogens with one attached hydrogen (secondary N) is 1. The molecule has 1 nitrogen and oxygen atoms in total. The Hall–Kier alpha value is -1.25. The average Bonchev–Trinajstić information content (AvgIpc) is 2.83. The molecule has 0 saturated carbocycles. The molecule has 0 bridgehead atoms. The summed E-state index contributed by atoms with van der Waals surface area (Å²) in [5.74, 6) is 1.13. The molecule has 1 aliphatic rings. The Kier molecular flexibility index (Phi) is 3.63. The fraction of sp³-hybridized carbons (Fsp3) is 0.294. The normalized spacial score (nSPS) is 19.2. The summed E-state index contributed by atoms with van der Waals surface area (Å²) < 4.78 is 0. The number of benzene rings is 2. The Morgan fingerprint density at radius 1 is 1.11 bits per heavy atom. The van der Waals surface area contributed by atoms with Crippen LogP contribution in [-0.4, -0.2) is 5.75 Å². The molecule has 1 unspecified atom stereocenters. The molecule has 0 fully saturated rings. The maximum atomic E-state index is 3.75. The van der Waals surface area contributed by atoms with Gasteiger partial charge in [-0.1, -0.05) is 48.0 Å². The maximum Gasteiger partial charge on any atom is 0.0431 e. The van der Waals surface area contributed by atoms with E-state index in [1.165, 1.54) is 21.6 Å². The summed E-state index contributed by atoms with van der Waals surface area (Å²) in [4.78, 5) is 1.43. The fourth-order valence-electron chi connectivity index (χ4n) is 2.55. The first-order valence-electron chi connectivity index (χ1n) is 6.78. The molecule has 0 aliphatic carbocycles. The van der Waals surface area contributed by atoms with E-state index in [9.17, 15) is 0 Å². The first-order valence-corrected chi connectivity index (χ1v) is 7.77. The summed E-state index contributed by atoms with van der Waals surface area (Å²) in [6.07, 6.45) is 0. The number of rotatable bonds is 3. The van der Waals surface area contributed by atoms with E-state index < -0.39 is 0 Å². The Bertz CT molecular complexity index is 562. The quantitative estimate of drug-likeness (QED) is 0.881. The molecule has 2 aromatic rings. The Morgan fingerprint density at radius 2 is 1.84 bits per heavy atom. The van der Waals surface area contributed by atoms with E-state index in [-0.39, 0.29) is 0 Å². The van der Waals surface area contributed by atoms with E-state index in [0.29, 0.717) is 12.1 Å². The number of thioether (sulfide) groups is 1. The first kappa shape index (κ1) is 12.8. The molecule has 1 N–H and O–H groups in total. The van der Waals surface area contributed by atoms with Gasteiger partial charge < -0.3 is 5.32 Å². The van der Waals surface area contributed by atoms with Gasteiger partial charge in [-0.15, -0.1) is 11.8 Å². The molecule has 1 heterocycles. The largest absolute Gasteiger partial charge is 0.303 e. The lowest BCUT2D eigenvalue weighted by atomic mass is 10.0. The van der Waals surface area contributed by atoms with Crippen molar-refractivity contribution in [1.82, 2.24) is 5.32 Å². The van der Waals surface area contributed by atoms with Crippen LogP contribution in [0.25, 0.3) is 0 Å². The Morgan fingerprint density at radius 3 is 2.63 bits per heavy atom. The standard InChI is InChI=1S/C17H19NS/c1-12-7-9-14(10-8-12)13(2)18-16-11-19-17-6-4-3-5-15(16)17/h3-10,13,16,18H,11H2,1-2H3/t13-,16?/m0/s1. The van der Waals surface area contributed by atoms with E-state index in [1.807, 2.05) is 11.8 Å². The third-order valence-corrected chi connectivity index (χ3v) is 4.91. The lowest BCUT2D eigenvalue weighted by Crippen LogP contribution is -2.24. The van der Waals surface area contributed by atoms with Gasteiger partial charge in [0.1, 0.15) is 0 Å².